The SMILES string of the molecule is Nc1nc(COC2CCOC2)cs1. The van der Waals surface area contributed by atoms with Gasteiger partial charge >= 0.3 is 0 Å². The van der Waals surface area contributed by atoms with Gasteiger partial charge in [0.1, 0.15) is 0 Å². The summed E-state index contributed by atoms with van der Waals surface area (Å²) in [7, 11) is 0. The van der Waals surface area contributed by atoms with E-state index < -0.39 is 0 Å². The summed E-state index contributed by atoms with van der Waals surface area (Å²) in [6, 6.07) is 0. The molecule has 2 N–H and O–H groups in total. The summed E-state index contributed by atoms with van der Waals surface area (Å²) in [5.41, 5.74) is 6.40. The second-order valence-corrected chi connectivity index (χ2v) is 3.86. The average Bonchev–Trinajstić information content (AvgIpc) is 2.71. The molecule has 4 nitrogen and oxygen atoms in total. The maximum Gasteiger partial charge on any atom is 0.180 e. The summed E-state index contributed by atoms with van der Waals surface area (Å²) in [5.74, 6) is 0. The van der Waals surface area contributed by atoms with Crippen molar-refractivity contribution >= 4 is 16.5 Å². The van der Waals surface area contributed by atoms with Crippen LogP contribution < -0.4 is 5.73 Å². The Morgan fingerprint density at radius 2 is 2.69 bits per heavy atom. The Morgan fingerprint density at radius 3 is 3.31 bits per heavy atom. The third kappa shape index (κ3) is 2.40. The van der Waals surface area contributed by atoms with Gasteiger partial charge < -0.3 is 15.2 Å². The first-order valence-electron chi connectivity index (χ1n) is 4.24. The zero-order valence-corrected chi connectivity index (χ0v) is 8.05. The molecule has 1 aliphatic rings. The van der Waals surface area contributed by atoms with E-state index in [4.69, 9.17) is 15.2 Å². The van der Waals surface area contributed by atoms with Gasteiger partial charge in [-0.05, 0) is 6.42 Å². The van der Waals surface area contributed by atoms with Crippen molar-refractivity contribution in [2.24, 2.45) is 0 Å². The summed E-state index contributed by atoms with van der Waals surface area (Å²) >= 11 is 1.44. The van der Waals surface area contributed by atoms with Crippen LogP contribution in [-0.4, -0.2) is 24.3 Å². The van der Waals surface area contributed by atoms with E-state index >= 15 is 0 Å². The molecule has 0 radical (unpaired) electrons. The third-order valence-electron chi connectivity index (χ3n) is 1.92. The molecule has 1 unspecified atom stereocenters. The molecule has 2 heterocycles. The lowest BCUT2D eigenvalue weighted by molar-refractivity contribution is 0.0304. The van der Waals surface area contributed by atoms with Gasteiger partial charge in [0.05, 0.1) is 25.0 Å². The number of anilines is 1. The smallest absolute Gasteiger partial charge is 0.180 e. The highest BCUT2D eigenvalue weighted by molar-refractivity contribution is 7.13. The van der Waals surface area contributed by atoms with Crippen molar-refractivity contribution in [3.8, 4) is 0 Å². The lowest BCUT2D eigenvalue weighted by Crippen LogP contribution is -2.11. The Kier molecular flexibility index (Phi) is 2.77. The van der Waals surface area contributed by atoms with E-state index in [-0.39, 0.29) is 6.10 Å². The molecule has 0 aliphatic carbocycles. The van der Waals surface area contributed by atoms with Crippen molar-refractivity contribution in [3.05, 3.63) is 11.1 Å². The highest BCUT2D eigenvalue weighted by Crippen LogP contribution is 2.14. The van der Waals surface area contributed by atoms with Gasteiger partial charge in [-0.15, -0.1) is 11.3 Å². The summed E-state index contributed by atoms with van der Waals surface area (Å²) in [5, 5.41) is 2.52. The number of ether oxygens (including phenoxy) is 2. The maximum absolute atomic E-state index is 5.57. The van der Waals surface area contributed by atoms with Crippen LogP contribution in [0.5, 0.6) is 0 Å². The molecular formula is C8H12N2O2S. The fourth-order valence-corrected chi connectivity index (χ4v) is 1.78. The highest BCUT2D eigenvalue weighted by atomic mass is 32.1. The predicted molar refractivity (Wildman–Crippen MR) is 50.5 cm³/mol. The molecule has 5 heteroatoms. The zero-order chi connectivity index (χ0) is 9.10. The fraction of sp³-hybridized carbons (Fsp3) is 0.625. The van der Waals surface area contributed by atoms with Gasteiger partial charge in [-0.1, -0.05) is 0 Å². The fourth-order valence-electron chi connectivity index (χ4n) is 1.24. The zero-order valence-electron chi connectivity index (χ0n) is 7.23. The molecule has 72 valence electrons. The van der Waals surface area contributed by atoms with Crippen molar-refractivity contribution in [1.29, 1.82) is 0 Å². The molecule has 13 heavy (non-hydrogen) atoms. The van der Waals surface area contributed by atoms with Gasteiger partial charge in [-0.2, -0.15) is 0 Å². The van der Waals surface area contributed by atoms with Crippen molar-refractivity contribution in [1.82, 2.24) is 4.98 Å². The Balaban J connectivity index is 1.78. The third-order valence-corrected chi connectivity index (χ3v) is 2.65. The molecule has 1 saturated heterocycles. The van der Waals surface area contributed by atoms with Gasteiger partial charge in [-0.25, -0.2) is 4.98 Å². The van der Waals surface area contributed by atoms with Gasteiger partial charge in [0.25, 0.3) is 0 Å². The Morgan fingerprint density at radius 1 is 1.77 bits per heavy atom. The molecule has 1 atom stereocenters. The molecule has 1 aromatic heterocycles. The lowest BCUT2D eigenvalue weighted by Gasteiger charge is -2.07. The number of nitrogen functional groups attached to an aromatic ring is 1. The number of aromatic nitrogens is 1. The van der Waals surface area contributed by atoms with Gasteiger partial charge in [-0.3, -0.25) is 0 Å². The number of hydrogen-bond acceptors (Lipinski definition) is 5. The molecule has 0 saturated carbocycles. The van der Waals surface area contributed by atoms with E-state index in [1.165, 1.54) is 11.3 Å². The maximum atomic E-state index is 5.57. The summed E-state index contributed by atoms with van der Waals surface area (Å²) in [6.07, 6.45) is 1.22. The quantitative estimate of drug-likeness (QED) is 0.791. The summed E-state index contributed by atoms with van der Waals surface area (Å²) in [4.78, 5) is 4.10. The topological polar surface area (TPSA) is 57.4 Å². The molecule has 1 fully saturated rings. The van der Waals surface area contributed by atoms with Crippen molar-refractivity contribution in [2.75, 3.05) is 18.9 Å². The molecule has 2 rings (SSSR count). The largest absolute Gasteiger partial charge is 0.379 e. The Bertz CT molecular complexity index is 271. The first-order valence-corrected chi connectivity index (χ1v) is 5.12. The Hall–Kier alpha value is -0.650. The molecule has 0 bridgehead atoms. The minimum atomic E-state index is 0.239. The standard InChI is InChI=1S/C8H12N2O2S/c9-8-10-6(5-13-8)3-12-7-1-2-11-4-7/h5,7H,1-4H2,(H2,9,10). The minimum Gasteiger partial charge on any atom is -0.379 e. The predicted octanol–water partition coefficient (Wildman–Crippen LogP) is 1.03. The second-order valence-electron chi connectivity index (χ2n) is 2.97. The van der Waals surface area contributed by atoms with Crippen molar-refractivity contribution in [2.45, 2.75) is 19.1 Å². The number of thiazole rings is 1. The van der Waals surface area contributed by atoms with E-state index in [1.54, 1.807) is 0 Å². The van der Waals surface area contributed by atoms with E-state index in [1.807, 2.05) is 5.38 Å². The molecule has 1 aliphatic heterocycles. The van der Waals surface area contributed by atoms with Crippen LogP contribution in [0.1, 0.15) is 12.1 Å². The van der Waals surface area contributed by atoms with Gasteiger partial charge in [0, 0.05) is 12.0 Å². The van der Waals surface area contributed by atoms with E-state index in [9.17, 15) is 0 Å². The van der Waals surface area contributed by atoms with Crippen LogP contribution in [0.3, 0.4) is 0 Å². The van der Waals surface area contributed by atoms with Crippen LogP contribution in [0.15, 0.2) is 5.38 Å². The van der Waals surface area contributed by atoms with Crippen LogP contribution in [0.4, 0.5) is 5.13 Å². The van der Waals surface area contributed by atoms with Crippen LogP contribution in [0.25, 0.3) is 0 Å². The molecular weight excluding hydrogens is 188 g/mol. The monoisotopic (exact) mass is 200 g/mol. The van der Waals surface area contributed by atoms with Crippen LogP contribution in [-0.2, 0) is 16.1 Å². The van der Waals surface area contributed by atoms with Crippen molar-refractivity contribution in [3.63, 3.8) is 0 Å². The van der Waals surface area contributed by atoms with E-state index in [0.29, 0.717) is 18.3 Å². The average molecular weight is 200 g/mol. The first-order chi connectivity index (χ1) is 6.34. The van der Waals surface area contributed by atoms with Gasteiger partial charge in [0.2, 0.25) is 0 Å². The van der Waals surface area contributed by atoms with Crippen LogP contribution >= 0.6 is 11.3 Å². The summed E-state index contributed by atoms with van der Waals surface area (Å²) in [6.45, 7) is 2.06. The minimum absolute atomic E-state index is 0.239. The van der Waals surface area contributed by atoms with Crippen LogP contribution in [0, 0.1) is 0 Å². The molecule has 0 spiro atoms. The number of rotatable bonds is 3. The lowest BCUT2D eigenvalue weighted by atomic mass is 10.3. The van der Waals surface area contributed by atoms with Crippen LogP contribution in [0.2, 0.25) is 0 Å². The highest BCUT2D eigenvalue weighted by Gasteiger charge is 2.16. The van der Waals surface area contributed by atoms with Gasteiger partial charge in [0.15, 0.2) is 5.13 Å². The van der Waals surface area contributed by atoms with E-state index in [2.05, 4.69) is 4.98 Å². The summed E-state index contributed by atoms with van der Waals surface area (Å²) < 4.78 is 10.7. The van der Waals surface area contributed by atoms with E-state index in [0.717, 1.165) is 18.7 Å². The van der Waals surface area contributed by atoms with Crippen molar-refractivity contribution < 1.29 is 9.47 Å². The first kappa shape index (κ1) is 8.93. The number of nitrogens with two attached hydrogens (primary N) is 1. The molecule has 1 aromatic rings. The number of nitrogens with zero attached hydrogens (tertiary/aromatic N) is 1. The Labute approximate surface area is 80.7 Å². The molecule has 0 amide bonds. The number of hydrogen-bond donors (Lipinski definition) is 1. The second kappa shape index (κ2) is 4.04. The normalized spacial score (nSPS) is 22.3. The molecule has 0 aromatic carbocycles.